The molecule has 0 radical (unpaired) electrons. The number of benzene rings is 2. The normalized spacial score (nSPS) is 25.7. The minimum absolute atomic E-state index is 0.00863. The Balaban J connectivity index is 1.12. The van der Waals surface area contributed by atoms with Crippen LogP contribution < -0.4 is 9.91 Å². The molecule has 3 aromatic heterocycles. The standard InChI is InChI=1S/C41H33Cl2F3N6O5S/c1-18-23-15-19(42)9-13-29(23)58-34(18)27-17-31(49(3)48-27)51-37(55)25-16-24-20(33(40(25,2)39(51)57)21-7-5-6-8-28(21)53)10-11-22-32(24)38(56)52(36(22)54)50(4)35-26(43)12-14-30(47-35)41(44,45)46/h5-10,12-15,17,22,24-25,32-33,53H,11,16H2,1-4H3/t22-,24+,25-,32-,33+,40+/m0/s1. The van der Waals surface area contributed by atoms with Crippen molar-refractivity contribution in [2.75, 3.05) is 17.0 Å². The Morgan fingerprint density at radius 1 is 0.983 bits per heavy atom. The highest BCUT2D eigenvalue weighted by molar-refractivity contribution is 7.22. The summed E-state index contributed by atoms with van der Waals surface area (Å²) < 4.78 is 43.5. The minimum atomic E-state index is -4.82. The summed E-state index contributed by atoms with van der Waals surface area (Å²) in [5, 5.41) is 19.1. The third kappa shape index (κ3) is 5.38. The van der Waals surface area contributed by atoms with Gasteiger partial charge in [0.05, 0.1) is 33.1 Å². The fraction of sp³-hybridized carbons (Fsp3) is 0.317. The van der Waals surface area contributed by atoms with E-state index in [1.807, 2.05) is 31.2 Å². The number of imide groups is 2. The quantitative estimate of drug-likeness (QED) is 0.138. The maximum Gasteiger partial charge on any atom is 0.433 e. The average Bonchev–Trinajstić information content (AvgIpc) is 3.84. The van der Waals surface area contributed by atoms with Crippen molar-refractivity contribution in [3.8, 4) is 16.3 Å². The van der Waals surface area contributed by atoms with Crippen molar-refractivity contribution >= 4 is 79.9 Å². The molecule has 1 saturated carbocycles. The molecule has 0 spiro atoms. The lowest BCUT2D eigenvalue weighted by molar-refractivity contribution is -0.141. The molecule has 2 saturated heterocycles. The van der Waals surface area contributed by atoms with Crippen molar-refractivity contribution in [1.82, 2.24) is 19.8 Å². The lowest BCUT2D eigenvalue weighted by atomic mass is 9.51. The Morgan fingerprint density at radius 3 is 2.45 bits per heavy atom. The van der Waals surface area contributed by atoms with Crippen LogP contribution in [0.2, 0.25) is 10.0 Å². The van der Waals surface area contributed by atoms with Crippen molar-refractivity contribution < 1.29 is 37.5 Å². The Labute approximate surface area is 343 Å². The number of nitrogens with zero attached hydrogens (tertiary/aromatic N) is 6. The Hall–Kier alpha value is -5.25. The predicted octanol–water partition coefficient (Wildman–Crippen LogP) is 8.32. The van der Waals surface area contributed by atoms with Gasteiger partial charge in [-0.1, -0.05) is 53.1 Å². The zero-order valence-corrected chi connectivity index (χ0v) is 33.5. The van der Waals surface area contributed by atoms with Gasteiger partial charge in [-0.05, 0) is 80.0 Å². The second-order valence-electron chi connectivity index (χ2n) is 15.4. The number of amides is 4. The van der Waals surface area contributed by atoms with Crippen LogP contribution in [-0.4, -0.2) is 55.6 Å². The number of aromatic nitrogens is 3. The number of phenolic OH excluding ortho intramolecular Hbond substituents is 1. The number of hydrazine groups is 1. The van der Waals surface area contributed by atoms with E-state index in [-0.39, 0.29) is 29.4 Å². The molecular formula is C41H33Cl2F3N6O5S. The van der Waals surface area contributed by atoms with Crippen molar-refractivity contribution in [2.24, 2.45) is 36.1 Å². The van der Waals surface area contributed by atoms with Gasteiger partial charge in [-0.25, -0.2) is 9.88 Å². The van der Waals surface area contributed by atoms with Gasteiger partial charge in [-0.15, -0.1) is 11.3 Å². The molecule has 2 aliphatic heterocycles. The molecule has 11 nitrogen and oxygen atoms in total. The van der Waals surface area contributed by atoms with Crippen molar-refractivity contribution in [1.29, 1.82) is 0 Å². The molecule has 298 valence electrons. The zero-order valence-electron chi connectivity index (χ0n) is 31.2. The van der Waals surface area contributed by atoms with Crippen LogP contribution >= 0.6 is 34.5 Å². The highest BCUT2D eigenvalue weighted by Crippen LogP contribution is 2.64. The molecule has 17 heteroatoms. The molecule has 58 heavy (non-hydrogen) atoms. The number of fused-ring (bicyclic) bond motifs is 5. The second-order valence-corrected chi connectivity index (χ2v) is 17.3. The number of aromatic hydroxyl groups is 1. The number of aryl methyl sites for hydroxylation is 2. The Kier molecular flexibility index (Phi) is 8.67. The zero-order chi connectivity index (χ0) is 41.3. The van der Waals surface area contributed by atoms with Gasteiger partial charge in [0.25, 0.3) is 11.8 Å². The van der Waals surface area contributed by atoms with E-state index < -0.39 is 76.3 Å². The molecule has 0 unspecified atom stereocenters. The van der Waals surface area contributed by atoms with Crippen molar-refractivity contribution in [3.05, 3.63) is 99.2 Å². The number of anilines is 2. The average molecular weight is 850 g/mol. The van der Waals surface area contributed by atoms with E-state index in [2.05, 4.69) is 4.98 Å². The Bertz CT molecular complexity index is 2680. The molecule has 4 aliphatic rings. The molecule has 1 N–H and O–H groups in total. The fourth-order valence-electron chi connectivity index (χ4n) is 9.71. The highest BCUT2D eigenvalue weighted by atomic mass is 35.5. The first-order valence-corrected chi connectivity index (χ1v) is 19.9. The van der Waals surface area contributed by atoms with Gasteiger partial charge in [0.2, 0.25) is 11.8 Å². The summed E-state index contributed by atoms with van der Waals surface area (Å²) in [7, 11) is 2.89. The van der Waals surface area contributed by atoms with E-state index in [0.717, 1.165) is 41.5 Å². The molecule has 4 amide bonds. The molecule has 2 aliphatic carbocycles. The number of alkyl halides is 3. The third-order valence-corrected chi connectivity index (χ3v) is 14.3. The minimum Gasteiger partial charge on any atom is -0.508 e. The number of phenols is 1. The van der Waals surface area contributed by atoms with Crippen LogP contribution in [0.1, 0.15) is 42.5 Å². The van der Waals surface area contributed by atoms with E-state index in [4.69, 9.17) is 28.3 Å². The number of para-hydroxylation sites is 1. The Morgan fingerprint density at radius 2 is 1.72 bits per heavy atom. The molecule has 2 aromatic carbocycles. The van der Waals surface area contributed by atoms with Gasteiger partial charge in [0, 0.05) is 41.4 Å². The SMILES string of the molecule is Cc1c(-c2cc(N3C(=O)[C@@H]4C[C@@H]5C(=CC[C@@H]6C(=O)N(N(C)c7nc(C(F)(F)F)ccc7Cl)C(=O)[C@@H]65)[C@H](c5ccccc5O)[C@]4(C)C3=O)n(C)n2)sc2ccc(Cl)cc12. The number of thiophene rings is 1. The summed E-state index contributed by atoms with van der Waals surface area (Å²) in [6.45, 7) is 3.66. The van der Waals surface area contributed by atoms with Crippen LogP contribution in [0.3, 0.4) is 0 Å². The van der Waals surface area contributed by atoms with Crippen LogP contribution in [0.5, 0.6) is 5.75 Å². The number of hydrogen-bond acceptors (Lipinski definition) is 9. The molecule has 5 heterocycles. The molecule has 3 fully saturated rings. The fourth-order valence-corrected chi connectivity index (χ4v) is 11.3. The molecular weight excluding hydrogens is 816 g/mol. The van der Waals surface area contributed by atoms with E-state index >= 15 is 4.79 Å². The number of carbonyl (C=O) groups is 4. The van der Waals surface area contributed by atoms with Gasteiger partial charge < -0.3 is 5.11 Å². The molecule has 6 atom stereocenters. The summed E-state index contributed by atoms with van der Waals surface area (Å²) in [6, 6.07) is 15.5. The topological polar surface area (TPSA) is 129 Å². The maximum absolute atomic E-state index is 15.1. The van der Waals surface area contributed by atoms with Crippen LogP contribution in [0, 0.1) is 36.0 Å². The van der Waals surface area contributed by atoms with E-state index in [0.29, 0.717) is 27.9 Å². The van der Waals surface area contributed by atoms with E-state index in [1.165, 1.54) is 29.1 Å². The molecule has 0 bridgehead atoms. The van der Waals surface area contributed by atoms with Gasteiger partial charge >= 0.3 is 6.18 Å². The van der Waals surface area contributed by atoms with E-state index in [1.54, 1.807) is 38.2 Å². The van der Waals surface area contributed by atoms with Gasteiger partial charge in [0.1, 0.15) is 23.0 Å². The second kappa shape index (κ2) is 13.1. The number of halogens is 5. The summed E-state index contributed by atoms with van der Waals surface area (Å²) in [4.78, 5) is 64.2. The number of carbonyl (C=O) groups excluding carboxylic acids is 4. The van der Waals surface area contributed by atoms with Gasteiger partial charge in [-0.3, -0.25) is 28.9 Å². The van der Waals surface area contributed by atoms with Crippen LogP contribution in [0.4, 0.5) is 24.8 Å². The first-order chi connectivity index (χ1) is 27.4. The lowest BCUT2D eigenvalue weighted by Crippen LogP contribution is -2.49. The van der Waals surface area contributed by atoms with Crippen LogP contribution in [0.25, 0.3) is 20.7 Å². The first kappa shape index (κ1) is 38.3. The predicted molar refractivity (Wildman–Crippen MR) is 211 cm³/mol. The van der Waals surface area contributed by atoms with Crippen LogP contribution in [-0.2, 0) is 32.4 Å². The molecule has 9 rings (SSSR count). The first-order valence-electron chi connectivity index (χ1n) is 18.4. The lowest BCUT2D eigenvalue weighted by Gasteiger charge is -2.49. The summed E-state index contributed by atoms with van der Waals surface area (Å²) in [5.74, 6) is -7.32. The summed E-state index contributed by atoms with van der Waals surface area (Å²) in [5.41, 5.74) is -0.205. The number of hydrogen-bond donors (Lipinski definition) is 1. The van der Waals surface area contributed by atoms with E-state index in [9.17, 15) is 32.7 Å². The smallest absolute Gasteiger partial charge is 0.433 e. The largest absolute Gasteiger partial charge is 0.508 e. The summed E-state index contributed by atoms with van der Waals surface area (Å²) >= 11 is 14.1. The number of rotatable bonds is 5. The summed E-state index contributed by atoms with van der Waals surface area (Å²) in [6.07, 6.45) is -2.93. The van der Waals surface area contributed by atoms with Crippen molar-refractivity contribution in [2.45, 2.75) is 38.8 Å². The maximum atomic E-state index is 15.1. The van der Waals surface area contributed by atoms with Gasteiger partial charge in [0.15, 0.2) is 5.82 Å². The highest BCUT2D eigenvalue weighted by Gasteiger charge is 2.68. The molecule has 5 aromatic rings. The number of allylic oxidation sites excluding steroid dienone is 2. The van der Waals surface area contributed by atoms with Crippen molar-refractivity contribution in [3.63, 3.8) is 0 Å². The van der Waals surface area contributed by atoms with Crippen LogP contribution in [0.15, 0.2) is 72.3 Å². The third-order valence-electron chi connectivity index (χ3n) is 12.4. The van der Waals surface area contributed by atoms with Gasteiger partial charge in [-0.2, -0.15) is 23.3 Å². The number of pyridine rings is 1. The monoisotopic (exact) mass is 848 g/mol.